The van der Waals surface area contributed by atoms with Crippen molar-refractivity contribution in [3.63, 3.8) is 0 Å². The Morgan fingerprint density at radius 1 is 1.03 bits per heavy atom. The molecule has 11 heteroatoms. The van der Waals surface area contributed by atoms with Crippen LogP contribution in [0, 0.1) is 10.1 Å². The van der Waals surface area contributed by atoms with Gasteiger partial charge in [0.1, 0.15) is 22.8 Å². The molecule has 1 aromatic heterocycles. The Bertz CT molecular complexity index is 1110. The number of para-hydroxylation sites is 2. The molecule has 0 aliphatic carbocycles. The number of aromatic nitrogens is 2. The van der Waals surface area contributed by atoms with Crippen molar-refractivity contribution in [2.24, 2.45) is 0 Å². The van der Waals surface area contributed by atoms with E-state index >= 15 is 0 Å². The molecule has 0 aliphatic rings. The summed E-state index contributed by atoms with van der Waals surface area (Å²) in [5.41, 5.74) is -1.12. The van der Waals surface area contributed by atoms with Crippen molar-refractivity contribution in [3.05, 3.63) is 70.4 Å². The maximum atomic E-state index is 13.5. The summed E-state index contributed by atoms with van der Waals surface area (Å²) in [5.74, 6) is -0.0391. The van der Waals surface area contributed by atoms with E-state index in [0.29, 0.717) is 24.2 Å². The van der Waals surface area contributed by atoms with Gasteiger partial charge in [-0.1, -0.05) is 38.3 Å². The molecule has 1 heterocycles. The maximum Gasteiger partial charge on any atom is 0.421 e. The van der Waals surface area contributed by atoms with Crippen molar-refractivity contribution in [3.8, 4) is 5.75 Å². The number of nitrogens with one attached hydrogen (secondary N) is 2. The average molecular weight is 475 g/mol. The van der Waals surface area contributed by atoms with Crippen LogP contribution in [0.3, 0.4) is 0 Å². The molecule has 0 saturated carbocycles. The molecule has 3 rings (SSSR count). The quantitative estimate of drug-likeness (QED) is 0.178. The van der Waals surface area contributed by atoms with E-state index in [1.807, 2.05) is 0 Å². The highest BCUT2D eigenvalue weighted by Crippen LogP contribution is 2.37. The van der Waals surface area contributed by atoms with Gasteiger partial charge in [-0.2, -0.15) is 18.2 Å². The topological polar surface area (TPSA) is 102 Å². The van der Waals surface area contributed by atoms with Gasteiger partial charge in [0.2, 0.25) is 5.95 Å². The second-order valence-electron chi connectivity index (χ2n) is 7.41. The molecule has 0 saturated heterocycles. The summed E-state index contributed by atoms with van der Waals surface area (Å²) in [6.07, 6.45) is 0.229. The number of benzene rings is 2. The van der Waals surface area contributed by atoms with Gasteiger partial charge in [-0.05, 0) is 36.8 Å². The number of ether oxygens (including phenoxy) is 1. The number of hydrogen-bond donors (Lipinski definition) is 2. The number of nitro benzene ring substituents is 1. The van der Waals surface area contributed by atoms with E-state index in [-0.39, 0.29) is 17.3 Å². The number of nitrogens with zero attached hydrogens (tertiary/aromatic N) is 3. The highest BCUT2D eigenvalue weighted by molar-refractivity contribution is 5.70. The first kappa shape index (κ1) is 24.7. The molecule has 34 heavy (non-hydrogen) atoms. The third kappa shape index (κ3) is 6.80. The van der Waals surface area contributed by atoms with E-state index in [0.717, 1.165) is 25.7 Å². The Labute approximate surface area is 194 Å². The van der Waals surface area contributed by atoms with Crippen LogP contribution >= 0.6 is 0 Å². The molecule has 0 bridgehead atoms. The van der Waals surface area contributed by atoms with Crippen LogP contribution in [0.2, 0.25) is 0 Å². The Kier molecular flexibility index (Phi) is 8.23. The Morgan fingerprint density at radius 3 is 2.44 bits per heavy atom. The van der Waals surface area contributed by atoms with Crippen molar-refractivity contribution in [1.29, 1.82) is 0 Å². The number of alkyl halides is 3. The van der Waals surface area contributed by atoms with Crippen LogP contribution in [0.15, 0.2) is 54.7 Å². The lowest BCUT2D eigenvalue weighted by Gasteiger charge is -2.15. The summed E-state index contributed by atoms with van der Waals surface area (Å²) in [6, 6.07) is 12.2. The first-order valence-electron chi connectivity index (χ1n) is 10.7. The molecule has 0 unspecified atom stereocenters. The fourth-order valence-corrected chi connectivity index (χ4v) is 3.09. The molecule has 0 spiro atoms. The maximum absolute atomic E-state index is 13.5. The highest BCUT2D eigenvalue weighted by Gasteiger charge is 2.36. The molecule has 0 amide bonds. The minimum Gasteiger partial charge on any atom is -0.494 e. The minimum absolute atomic E-state index is 0.109. The number of unbranched alkanes of at least 4 members (excludes halogenated alkanes) is 3. The molecule has 180 valence electrons. The Balaban J connectivity index is 1.77. The van der Waals surface area contributed by atoms with Gasteiger partial charge >= 0.3 is 6.18 Å². The van der Waals surface area contributed by atoms with Gasteiger partial charge in [0, 0.05) is 18.0 Å². The third-order valence-electron chi connectivity index (χ3n) is 4.83. The summed E-state index contributed by atoms with van der Waals surface area (Å²) >= 11 is 0. The standard InChI is InChI=1S/C23H24F3N5O3/c1-2-3-4-7-14-34-17-12-10-16(11-13-17)28-22-27-15-18(23(24,25)26)21(30-22)29-19-8-5-6-9-20(19)31(32)33/h5-6,8-13,15H,2-4,7,14H2,1H3,(H2,27,28,29,30). The van der Waals surface area contributed by atoms with Gasteiger partial charge in [0.05, 0.1) is 11.5 Å². The predicted molar refractivity (Wildman–Crippen MR) is 123 cm³/mol. The van der Waals surface area contributed by atoms with Crippen molar-refractivity contribution in [2.75, 3.05) is 17.2 Å². The van der Waals surface area contributed by atoms with Crippen molar-refractivity contribution >= 4 is 28.8 Å². The van der Waals surface area contributed by atoms with E-state index in [1.165, 1.54) is 24.3 Å². The zero-order valence-electron chi connectivity index (χ0n) is 18.4. The van der Waals surface area contributed by atoms with Gasteiger partial charge in [0.25, 0.3) is 5.69 Å². The molecular formula is C23H24F3N5O3. The zero-order chi connectivity index (χ0) is 24.6. The summed E-state index contributed by atoms with van der Waals surface area (Å²) < 4.78 is 46.2. The lowest BCUT2D eigenvalue weighted by Crippen LogP contribution is -2.13. The highest BCUT2D eigenvalue weighted by atomic mass is 19.4. The van der Waals surface area contributed by atoms with E-state index < -0.39 is 22.5 Å². The third-order valence-corrected chi connectivity index (χ3v) is 4.83. The smallest absolute Gasteiger partial charge is 0.421 e. The average Bonchev–Trinajstić information content (AvgIpc) is 2.79. The number of rotatable bonds is 11. The molecule has 2 aromatic carbocycles. The molecule has 2 N–H and O–H groups in total. The molecule has 0 atom stereocenters. The predicted octanol–water partition coefficient (Wildman–Crippen LogP) is 6.85. The minimum atomic E-state index is -4.76. The van der Waals surface area contributed by atoms with E-state index in [4.69, 9.17) is 4.74 Å². The van der Waals surface area contributed by atoms with Crippen LogP contribution in [-0.2, 0) is 6.18 Å². The number of halogens is 3. The summed E-state index contributed by atoms with van der Waals surface area (Å²) in [7, 11) is 0. The number of anilines is 4. The van der Waals surface area contributed by atoms with E-state index in [1.54, 1.807) is 24.3 Å². The van der Waals surface area contributed by atoms with E-state index in [9.17, 15) is 23.3 Å². The van der Waals surface area contributed by atoms with Crippen molar-refractivity contribution in [1.82, 2.24) is 9.97 Å². The summed E-state index contributed by atoms with van der Waals surface area (Å²) in [6.45, 7) is 2.74. The number of hydrogen-bond acceptors (Lipinski definition) is 7. The molecule has 0 fully saturated rings. The normalized spacial score (nSPS) is 11.2. The van der Waals surface area contributed by atoms with Crippen LogP contribution < -0.4 is 15.4 Å². The van der Waals surface area contributed by atoms with Crippen LogP contribution in [0.4, 0.5) is 42.0 Å². The van der Waals surface area contributed by atoms with Crippen molar-refractivity contribution < 1.29 is 22.8 Å². The van der Waals surface area contributed by atoms with Gasteiger partial charge in [-0.25, -0.2) is 4.98 Å². The molecule has 8 nitrogen and oxygen atoms in total. The SMILES string of the molecule is CCCCCCOc1ccc(Nc2ncc(C(F)(F)F)c(Nc3ccccc3[N+](=O)[O-])n2)cc1. The van der Waals surface area contributed by atoms with Gasteiger partial charge in [-0.15, -0.1) is 0 Å². The van der Waals surface area contributed by atoms with E-state index in [2.05, 4.69) is 27.5 Å². The number of nitro groups is 1. The van der Waals surface area contributed by atoms with Crippen LogP contribution in [0.1, 0.15) is 38.2 Å². The largest absolute Gasteiger partial charge is 0.494 e. The van der Waals surface area contributed by atoms with Gasteiger partial charge in [-0.3, -0.25) is 10.1 Å². The summed E-state index contributed by atoms with van der Waals surface area (Å²) in [4.78, 5) is 18.2. The van der Waals surface area contributed by atoms with Gasteiger partial charge in [0.15, 0.2) is 0 Å². The first-order valence-corrected chi connectivity index (χ1v) is 10.7. The van der Waals surface area contributed by atoms with Crippen LogP contribution in [-0.4, -0.2) is 21.5 Å². The lowest BCUT2D eigenvalue weighted by atomic mass is 10.2. The molecule has 0 radical (unpaired) electrons. The Morgan fingerprint density at radius 2 is 1.76 bits per heavy atom. The monoisotopic (exact) mass is 475 g/mol. The second kappa shape index (κ2) is 11.3. The zero-order valence-corrected chi connectivity index (χ0v) is 18.4. The van der Waals surface area contributed by atoms with Crippen LogP contribution in [0.5, 0.6) is 5.75 Å². The van der Waals surface area contributed by atoms with Crippen molar-refractivity contribution in [2.45, 2.75) is 38.8 Å². The fourth-order valence-electron chi connectivity index (χ4n) is 3.09. The second-order valence-corrected chi connectivity index (χ2v) is 7.41. The summed E-state index contributed by atoms with van der Waals surface area (Å²) in [5, 5.41) is 16.5. The van der Waals surface area contributed by atoms with Crippen LogP contribution in [0.25, 0.3) is 0 Å². The molecule has 3 aromatic rings. The lowest BCUT2D eigenvalue weighted by molar-refractivity contribution is -0.383. The fraction of sp³-hybridized carbons (Fsp3) is 0.304. The first-order chi connectivity index (χ1) is 16.3. The van der Waals surface area contributed by atoms with Gasteiger partial charge < -0.3 is 15.4 Å². The Hall–Kier alpha value is -3.89. The molecule has 0 aliphatic heterocycles. The molecular weight excluding hydrogens is 451 g/mol.